The molecule has 1 N–H and O–H groups in total. The van der Waals surface area contributed by atoms with Gasteiger partial charge in [-0.2, -0.15) is 0 Å². The molecule has 32 heavy (non-hydrogen) atoms. The number of carbonyl (C=O) groups is 2. The van der Waals surface area contributed by atoms with E-state index in [9.17, 15) is 18.4 Å². The molecule has 8 heteroatoms. The Bertz CT molecular complexity index is 1120. The van der Waals surface area contributed by atoms with Gasteiger partial charge in [0.15, 0.2) is 0 Å². The van der Waals surface area contributed by atoms with Crippen molar-refractivity contribution in [2.45, 2.75) is 13.0 Å². The topological polar surface area (TPSA) is 52.7 Å². The molecule has 0 bridgehead atoms. The number of nitrogens with zero attached hydrogens (tertiary/aromatic N) is 2. The number of benzene rings is 3. The highest BCUT2D eigenvalue weighted by Crippen LogP contribution is 2.24. The van der Waals surface area contributed by atoms with Gasteiger partial charge in [-0.15, -0.1) is 0 Å². The molecule has 0 unspecified atom stereocenters. The summed E-state index contributed by atoms with van der Waals surface area (Å²) in [5.74, 6) is -2.74. The second kappa shape index (κ2) is 9.36. The quantitative estimate of drug-likeness (QED) is 0.536. The molecule has 1 aliphatic rings. The van der Waals surface area contributed by atoms with Gasteiger partial charge in [0.05, 0.1) is 0 Å². The molecular formula is C24H20ClF2N3O2. The first-order valence-electron chi connectivity index (χ1n) is 10.1. The Morgan fingerprint density at radius 1 is 0.938 bits per heavy atom. The van der Waals surface area contributed by atoms with E-state index in [1.165, 1.54) is 6.07 Å². The van der Waals surface area contributed by atoms with Crippen LogP contribution in [0.3, 0.4) is 0 Å². The Balaban J connectivity index is 1.44. The van der Waals surface area contributed by atoms with Crippen LogP contribution in [0.2, 0.25) is 5.02 Å². The Labute approximate surface area is 189 Å². The Morgan fingerprint density at radius 3 is 2.25 bits per heavy atom. The highest BCUT2D eigenvalue weighted by Gasteiger charge is 2.27. The second-order valence-electron chi connectivity index (χ2n) is 7.43. The van der Waals surface area contributed by atoms with Crippen molar-refractivity contribution in [1.82, 2.24) is 4.90 Å². The van der Waals surface area contributed by atoms with Gasteiger partial charge < -0.3 is 10.2 Å². The van der Waals surface area contributed by atoms with Gasteiger partial charge in [-0.25, -0.2) is 13.6 Å². The Kier molecular flexibility index (Phi) is 6.37. The smallest absolute Gasteiger partial charge is 0.322 e. The first kappa shape index (κ1) is 21.8. The number of halogens is 3. The molecule has 3 aromatic rings. The lowest BCUT2D eigenvalue weighted by Crippen LogP contribution is -2.49. The molecule has 0 spiro atoms. The van der Waals surface area contributed by atoms with E-state index in [1.807, 2.05) is 12.1 Å². The molecule has 3 amide bonds. The van der Waals surface area contributed by atoms with Gasteiger partial charge in [0, 0.05) is 36.0 Å². The fourth-order valence-electron chi connectivity index (χ4n) is 3.61. The minimum Gasteiger partial charge on any atom is -0.322 e. The standard InChI is InChI=1S/C24H20ClF2N3O2/c25-17-7-5-16(6-8-17)15-29-13-2-14-30(24(29)32)19-11-9-18(10-12-19)28-23(31)22-20(26)3-1-4-21(22)27/h1,3-12H,2,13-15H2,(H,28,31). The van der Waals surface area contributed by atoms with Crippen molar-refractivity contribution in [3.8, 4) is 0 Å². The van der Waals surface area contributed by atoms with E-state index in [2.05, 4.69) is 5.32 Å². The third kappa shape index (κ3) is 4.73. The minimum atomic E-state index is -0.932. The van der Waals surface area contributed by atoms with Crippen LogP contribution in [0.25, 0.3) is 0 Å². The van der Waals surface area contributed by atoms with Crippen LogP contribution in [0.4, 0.5) is 25.0 Å². The van der Waals surface area contributed by atoms with Crippen molar-refractivity contribution < 1.29 is 18.4 Å². The van der Waals surface area contributed by atoms with E-state index in [0.29, 0.717) is 36.0 Å². The SMILES string of the molecule is O=C(Nc1ccc(N2CCCN(Cc3ccc(Cl)cc3)C2=O)cc1)c1c(F)cccc1F. The van der Waals surface area contributed by atoms with Gasteiger partial charge in [-0.1, -0.05) is 29.8 Å². The zero-order valence-electron chi connectivity index (χ0n) is 17.0. The summed E-state index contributed by atoms with van der Waals surface area (Å²) < 4.78 is 27.6. The first-order valence-corrected chi connectivity index (χ1v) is 10.5. The number of nitrogens with one attached hydrogen (secondary N) is 1. The van der Waals surface area contributed by atoms with Crippen molar-refractivity contribution in [3.63, 3.8) is 0 Å². The predicted molar refractivity (Wildman–Crippen MR) is 120 cm³/mol. The molecule has 3 aromatic carbocycles. The molecule has 0 aromatic heterocycles. The summed E-state index contributed by atoms with van der Waals surface area (Å²) in [7, 11) is 0. The molecule has 1 heterocycles. The van der Waals surface area contributed by atoms with Crippen LogP contribution < -0.4 is 10.2 Å². The highest BCUT2D eigenvalue weighted by molar-refractivity contribution is 6.30. The maximum absolute atomic E-state index is 13.8. The average molecular weight is 456 g/mol. The number of hydrogen-bond donors (Lipinski definition) is 1. The van der Waals surface area contributed by atoms with Crippen molar-refractivity contribution in [1.29, 1.82) is 0 Å². The molecular weight excluding hydrogens is 436 g/mol. The van der Waals surface area contributed by atoms with E-state index in [-0.39, 0.29) is 6.03 Å². The maximum atomic E-state index is 13.8. The number of amides is 3. The van der Waals surface area contributed by atoms with Crippen LogP contribution in [0.1, 0.15) is 22.3 Å². The predicted octanol–water partition coefficient (Wildman–Crippen LogP) is 5.70. The van der Waals surface area contributed by atoms with Crippen molar-refractivity contribution in [3.05, 3.63) is 94.5 Å². The zero-order valence-corrected chi connectivity index (χ0v) is 17.8. The van der Waals surface area contributed by atoms with Crippen LogP contribution in [0.15, 0.2) is 66.7 Å². The van der Waals surface area contributed by atoms with Gasteiger partial charge in [0.1, 0.15) is 17.2 Å². The summed E-state index contributed by atoms with van der Waals surface area (Å²) in [5, 5.41) is 3.13. The Hall–Kier alpha value is -3.45. The lowest BCUT2D eigenvalue weighted by atomic mass is 10.1. The van der Waals surface area contributed by atoms with Gasteiger partial charge in [0.2, 0.25) is 0 Å². The van der Waals surface area contributed by atoms with Crippen LogP contribution in [-0.4, -0.2) is 29.9 Å². The lowest BCUT2D eigenvalue weighted by Gasteiger charge is -2.35. The molecule has 1 fully saturated rings. The molecule has 0 aliphatic carbocycles. The van der Waals surface area contributed by atoms with Crippen molar-refractivity contribution >= 4 is 34.9 Å². The minimum absolute atomic E-state index is 0.114. The van der Waals surface area contributed by atoms with E-state index in [4.69, 9.17) is 11.6 Å². The highest BCUT2D eigenvalue weighted by atomic mass is 35.5. The van der Waals surface area contributed by atoms with Crippen LogP contribution in [0, 0.1) is 11.6 Å². The van der Waals surface area contributed by atoms with E-state index >= 15 is 0 Å². The van der Waals surface area contributed by atoms with Gasteiger partial charge in [0.25, 0.3) is 5.91 Å². The number of urea groups is 1. The molecule has 0 atom stereocenters. The lowest BCUT2D eigenvalue weighted by molar-refractivity contribution is 0.101. The molecule has 0 radical (unpaired) electrons. The third-order valence-corrected chi connectivity index (χ3v) is 5.48. The summed E-state index contributed by atoms with van der Waals surface area (Å²) in [5.41, 5.74) is 1.39. The fourth-order valence-corrected chi connectivity index (χ4v) is 3.74. The molecule has 1 aliphatic heterocycles. The van der Waals surface area contributed by atoms with Gasteiger partial charge >= 0.3 is 6.03 Å². The number of hydrogen-bond acceptors (Lipinski definition) is 2. The van der Waals surface area contributed by atoms with Gasteiger partial charge in [-0.05, 0) is 60.5 Å². The summed E-state index contributed by atoms with van der Waals surface area (Å²) in [6, 6.07) is 17.1. The molecule has 5 nitrogen and oxygen atoms in total. The van der Waals surface area contributed by atoms with Crippen LogP contribution >= 0.6 is 11.6 Å². The number of carbonyl (C=O) groups excluding carboxylic acids is 2. The monoisotopic (exact) mass is 455 g/mol. The normalized spacial score (nSPS) is 13.9. The third-order valence-electron chi connectivity index (χ3n) is 5.22. The van der Waals surface area contributed by atoms with E-state index in [0.717, 1.165) is 24.1 Å². The maximum Gasteiger partial charge on any atom is 0.324 e. The number of anilines is 2. The zero-order chi connectivity index (χ0) is 22.7. The summed E-state index contributed by atoms with van der Waals surface area (Å²) in [4.78, 5) is 28.7. The molecule has 0 saturated carbocycles. The van der Waals surface area contributed by atoms with Crippen molar-refractivity contribution in [2.24, 2.45) is 0 Å². The molecule has 4 rings (SSSR count). The summed E-state index contributed by atoms with van der Waals surface area (Å²) >= 11 is 5.93. The fraction of sp³-hybridized carbons (Fsp3) is 0.167. The van der Waals surface area contributed by atoms with Crippen molar-refractivity contribution in [2.75, 3.05) is 23.3 Å². The Morgan fingerprint density at radius 2 is 1.59 bits per heavy atom. The summed E-state index contributed by atoms with van der Waals surface area (Å²) in [6.45, 7) is 1.71. The van der Waals surface area contributed by atoms with Gasteiger partial charge in [-0.3, -0.25) is 9.69 Å². The summed E-state index contributed by atoms with van der Waals surface area (Å²) in [6.07, 6.45) is 0.810. The first-order chi connectivity index (χ1) is 15.4. The average Bonchev–Trinajstić information content (AvgIpc) is 2.77. The number of rotatable bonds is 5. The van der Waals surface area contributed by atoms with E-state index < -0.39 is 23.1 Å². The molecule has 164 valence electrons. The van der Waals surface area contributed by atoms with Crippen LogP contribution in [0.5, 0.6) is 0 Å². The molecule has 1 saturated heterocycles. The second-order valence-corrected chi connectivity index (χ2v) is 7.87. The van der Waals surface area contributed by atoms with Crippen LogP contribution in [-0.2, 0) is 6.54 Å². The van der Waals surface area contributed by atoms with E-state index in [1.54, 1.807) is 46.2 Å². The largest absolute Gasteiger partial charge is 0.324 e.